The molecule has 4 heteroatoms. The summed E-state index contributed by atoms with van der Waals surface area (Å²) in [6.45, 7) is 7.47. The fourth-order valence-electron chi connectivity index (χ4n) is 3.45. The van der Waals surface area contributed by atoms with E-state index in [1.54, 1.807) is 7.11 Å². The molecule has 2 N–H and O–H groups in total. The zero-order chi connectivity index (χ0) is 15.5. The molecule has 1 unspecified atom stereocenters. The van der Waals surface area contributed by atoms with Crippen molar-refractivity contribution >= 4 is 11.6 Å². The van der Waals surface area contributed by atoms with Gasteiger partial charge in [0, 0.05) is 19.1 Å². The van der Waals surface area contributed by atoms with Crippen molar-refractivity contribution in [2.24, 2.45) is 11.1 Å². The molecule has 1 fully saturated rings. The van der Waals surface area contributed by atoms with Crippen molar-refractivity contribution in [1.29, 1.82) is 0 Å². The molecule has 1 atom stereocenters. The van der Waals surface area contributed by atoms with Gasteiger partial charge in [0.25, 0.3) is 0 Å². The fraction of sp³-hybridized carbons (Fsp3) is 0.647. The lowest BCUT2D eigenvalue weighted by Gasteiger charge is -2.31. The molecular formula is C17H27ClN2O. The number of methoxy groups -OCH3 is 1. The molecule has 1 aromatic carbocycles. The van der Waals surface area contributed by atoms with Gasteiger partial charge >= 0.3 is 0 Å². The third-order valence-corrected chi connectivity index (χ3v) is 5.49. The molecule has 0 amide bonds. The molecule has 1 aromatic rings. The van der Waals surface area contributed by atoms with E-state index in [2.05, 4.69) is 24.8 Å². The molecule has 118 valence electrons. The quantitative estimate of drug-likeness (QED) is 0.867. The van der Waals surface area contributed by atoms with E-state index in [0.717, 1.165) is 13.1 Å². The number of likely N-dealkylation sites (tertiary alicyclic amines) is 1. The van der Waals surface area contributed by atoms with Gasteiger partial charge in [-0.15, -0.1) is 0 Å². The molecule has 0 aliphatic carbocycles. The second-order valence-electron chi connectivity index (χ2n) is 6.07. The van der Waals surface area contributed by atoms with Crippen LogP contribution < -0.4 is 10.5 Å². The molecule has 0 aromatic heterocycles. The van der Waals surface area contributed by atoms with Crippen LogP contribution in [0.15, 0.2) is 18.2 Å². The molecular weight excluding hydrogens is 284 g/mol. The van der Waals surface area contributed by atoms with Crippen LogP contribution in [-0.2, 0) is 0 Å². The van der Waals surface area contributed by atoms with Crippen LogP contribution in [0.1, 0.15) is 44.7 Å². The van der Waals surface area contributed by atoms with Gasteiger partial charge in [0.05, 0.1) is 12.1 Å². The molecule has 1 aliphatic heterocycles. The summed E-state index contributed by atoms with van der Waals surface area (Å²) in [4.78, 5) is 2.52. The zero-order valence-electron chi connectivity index (χ0n) is 13.4. The lowest BCUT2D eigenvalue weighted by Crippen LogP contribution is -2.34. The number of hydrogen-bond acceptors (Lipinski definition) is 3. The van der Waals surface area contributed by atoms with E-state index in [4.69, 9.17) is 22.1 Å². The van der Waals surface area contributed by atoms with Crippen molar-refractivity contribution in [3.8, 4) is 5.75 Å². The molecule has 0 spiro atoms. The molecule has 1 saturated heterocycles. The molecule has 1 aliphatic rings. The van der Waals surface area contributed by atoms with Crippen LogP contribution in [0, 0.1) is 5.41 Å². The average molecular weight is 311 g/mol. The van der Waals surface area contributed by atoms with Crippen LogP contribution in [0.5, 0.6) is 5.75 Å². The van der Waals surface area contributed by atoms with Gasteiger partial charge in [0.15, 0.2) is 0 Å². The highest BCUT2D eigenvalue weighted by molar-refractivity contribution is 6.32. The van der Waals surface area contributed by atoms with Crippen molar-refractivity contribution in [1.82, 2.24) is 4.90 Å². The number of ether oxygens (including phenoxy) is 1. The number of rotatable bonds is 6. The standard InChI is InChI=1S/C17H27ClN2O/c1-4-17(5-2)8-9-20(12-17)15(11-19)13-6-7-16(21-3)14(18)10-13/h6-7,10,15H,4-5,8-9,11-12,19H2,1-3H3. The predicted molar refractivity (Wildman–Crippen MR) is 89.0 cm³/mol. The first kappa shape index (κ1) is 16.6. The second-order valence-corrected chi connectivity index (χ2v) is 6.48. The first-order chi connectivity index (χ1) is 10.1. The number of nitrogens with zero attached hydrogens (tertiary/aromatic N) is 1. The van der Waals surface area contributed by atoms with Crippen LogP contribution >= 0.6 is 11.6 Å². The summed E-state index contributed by atoms with van der Waals surface area (Å²) in [7, 11) is 1.64. The van der Waals surface area contributed by atoms with Crippen LogP contribution in [0.2, 0.25) is 5.02 Å². The third kappa shape index (κ3) is 3.36. The number of hydrogen-bond donors (Lipinski definition) is 1. The van der Waals surface area contributed by atoms with Crippen molar-refractivity contribution in [2.45, 2.75) is 39.2 Å². The van der Waals surface area contributed by atoms with Gasteiger partial charge in [0.2, 0.25) is 0 Å². The monoisotopic (exact) mass is 310 g/mol. The van der Waals surface area contributed by atoms with E-state index in [1.165, 1.54) is 24.8 Å². The average Bonchev–Trinajstić information content (AvgIpc) is 2.93. The lowest BCUT2D eigenvalue weighted by molar-refractivity contribution is 0.197. The first-order valence-corrected chi connectivity index (χ1v) is 8.24. The minimum atomic E-state index is 0.244. The van der Waals surface area contributed by atoms with E-state index >= 15 is 0 Å². The lowest BCUT2D eigenvalue weighted by atomic mass is 9.82. The van der Waals surface area contributed by atoms with Crippen molar-refractivity contribution in [2.75, 3.05) is 26.7 Å². The normalized spacial score (nSPS) is 19.7. The van der Waals surface area contributed by atoms with E-state index in [0.29, 0.717) is 22.7 Å². The summed E-state index contributed by atoms with van der Waals surface area (Å²) in [6, 6.07) is 6.26. The Morgan fingerprint density at radius 2 is 2.10 bits per heavy atom. The third-order valence-electron chi connectivity index (χ3n) is 5.19. The first-order valence-electron chi connectivity index (χ1n) is 7.86. The summed E-state index contributed by atoms with van der Waals surface area (Å²) >= 11 is 6.26. The fourth-order valence-corrected chi connectivity index (χ4v) is 3.71. The molecule has 0 radical (unpaired) electrons. The SMILES string of the molecule is CCC1(CC)CCN(C(CN)c2ccc(OC)c(Cl)c2)C1. The highest BCUT2D eigenvalue weighted by Gasteiger charge is 2.37. The summed E-state index contributed by atoms with van der Waals surface area (Å²) in [5, 5.41) is 0.657. The molecule has 0 saturated carbocycles. The Morgan fingerprint density at radius 3 is 2.57 bits per heavy atom. The Bertz CT molecular complexity index is 474. The highest BCUT2D eigenvalue weighted by atomic mass is 35.5. The van der Waals surface area contributed by atoms with Crippen LogP contribution in [0.25, 0.3) is 0 Å². The van der Waals surface area contributed by atoms with E-state index in [9.17, 15) is 0 Å². The van der Waals surface area contributed by atoms with Gasteiger partial charge in [-0.05, 0) is 48.9 Å². The number of benzene rings is 1. The number of halogens is 1. The van der Waals surface area contributed by atoms with Crippen LogP contribution in [0.4, 0.5) is 0 Å². The molecule has 1 heterocycles. The molecule has 0 bridgehead atoms. The van der Waals surface area contributed by atoms with Crippen LogP contribution in [0.3, 0.4) is 0 Å². The maximum Gasteiger partial charge on any atom is 0.137 e. The smallest absolute Gasteiger partial charge is 0.137 e. The Kier molecular flexibility index (Phi) is 5.53. The maximum atomic E-state index is 6.26. The van der Waals surface area contributed by atoms with Gasteiger partial charge in [0.1, 0.15) is 5.75 Å². The Balaban J connectivity index is 2.19. The highest BCUT2D eigenvalue weighted by Crippen LogP contribution is 2.41. The zero-order valence-corrected chi connectivity index (χ0v) is 14.1. The van der Waals surface area contributed by atoms with E-state index in [-0.39, 0.29) is 6.04 Å². The van der Waals surface area contributed by atoms with Crippen LogP contribution in [-0.4, -0.2) is 31.6 Å². The number of nitrogens with two attached hydrogens (primary N) is 1. The molecule has 21 heavy (non-hydrogen) atoms. The predicted octanol–water partition coefficient (Wildman–Crippen LogP) is 3.86. The van der Waals surface area contributed by atoms with Gasteiger partial charge in [-0.3, -0.25) is 4.90 Å². The Morgan fingerprint density at radius 1 is 1.38 bits per heavy atom. The minimum absolute atomic E-state index is 0.244. The summed E-state index contributed by atoms with van der Waals surface area (Å²) in [6.07, 6.45) is 3.74. The van der Waals surface area contributed by atoms with Crippen molar-refractivity contribution in [3.63, 3.8) is 0 Å². The molecule has 3 nitrogen and oxygen atoms in total. The molecule has 2 rings (SSSR count). The maximum absolute atomic E-state index is 6.26. The van der Waals surface area contributed by atoms with Crippen molar-refractivity contribution in [3.05, 3.63) is 28.8 Å². The summed E-state index contributed by atoms with van der Waals surface area (Å²) < 4.78 is 5.23. The minimum Gasteiger partial charge on any atom is -0.495 e. The Labute approximate surface area is 133 Å². The van der Waals surface area contributed by atoms with Gasteiger partial charge < -0.3 is 10.5 Å². The second kappa shape index (κ2) is 6.99. The Hall–Kier alpha value is -0.770. The van der Waals surface area contributed by atoms with Crippen molar-refractivity contribution < 1.29 is 4.74 Å². The summed E-state index contributed by atoms with van der Waals surface area (Å²) in [5.74, 6) is 0.717. The van der Waals surface area contributed by atoms with Gasteiger partial charge in [-0.2, -0.15) is 0 Å². The van der Waals surface area contributed by atoms with E-state index in [1.807, 2.05) is 12.1 Å². The largest absolute Gasteiger partial charge is 0.495 e. The van der Waals surface area contributed by atoms with E-state index < -0.39 is 0 Å². The van der Waals surface area contributed by atoms with Gasteiger partial charge in [-0.1, -0.05) is 31.5 Å². The summed E-state index contributed by atoms with van der Waals surface area (Å²) in [5.41, 5.74) is 7.71. The topological polar surface area (TPSA) is 38.5 Å². The van der Waals surface area contributed by atoms with Gasteiger partial charge in [-0.25, -0.2) is 0 Å².